The van der Waals surface area contributed by atoms with Gasteiger partial charge in [0.25, 0.3) is 0 Å². The van der Waals surface area contributed by atoms with E-state index in [1.807, 2.05) is 30.3 Å². The van der Waals surface area contributed by atoms with E-state index in [1.165, 1.54) is 0 Å². The van der Waals surface area contributed by atoms with Gasteiger partial charge in [-0.3, -0.25) is 4.79 Å². The molecule has 2 aromatic carbocycles. The van der Waals surface area contributed by atoms with E-state index < -0.39 is 0 Å². The van der Waals surface area contributed by atoms with Gasteiger partial charge in [-0.05, 0) is 42.3 Å². The van der Waals surface area contributed by atoms with Crippen LogP contribution in [0.4, 0.5) is 17.2 Å². The fraction of sp³-hybridized carbons (Fsp3) is 0.143. The Morgan fingerprint density at radius 2 is 1.93 bits per heavy atom. The van der Waals surface area contributed by atoms with Crippen LogP contribution in [0.5, 0.6) is 5.75 Å². The van der Waals surface area contributed by atoms with Crippen molar-refractivity contribution in [3.63, 3.8) is 0 Å². The molecule has 0 radical (unpaired) electrons. The molecule has 0 aliphatic heterocycles. The van der Waals surface area contributed by atoms with Crippen molar-refractivity contribution in [2.75, 3.05) is 17.7 Å². The Labute approximate surface area is 163 Å². The van der Waals surface area contributed by atoms with Crippen LogP contribution < -0.4 is 15.4 Å². The molecule has 0 atom stereocenters. The van der Waals surface area contributed by atoms with Crippen LogP contribution >= 0.6 is 11.6 Å². The molecule has 2 N–H and O–H groups in total. The van der Waals surface area contributed by atoms with Crippen molar-refractivity contribution in [1.29, 1.82) is 0 Å². The van der Waals surface area contributed by atoms with Gasteiger partial charge in [-0.2, -0.15) is 0 Å². The number of carbonyl (C=O) groups excluding carboxylic acids is 1. The molecule has 0 fully saturated rings. The fourth-order valence-corrected chi connectivity index (χ4v) is 2.76. The van der Waals surface area contributed by atoms with Crippen LogP contribution in [0, 0.1) is 0 Å². The van der Waals surface area contributed by atoms with Crippen molar-refractivity contribution < 1.29 is 9.53 Å². The molecular formula is C21H20ClN3O2. The lowest BCUT2D eigenvalue weighted by Crippen LogP contribution is -2.12. The third-order valence-electron chi connectivity index (χ3n) is 3.96. The van der Waals surface area contributed by atoms with Gasteiger partial charge in [0.05, 0.1) is 24.7 Å². The number of amides is 1. The Kier molecular flexibility index (Phi) is 6.28. The fourth-order valence-electron chi connectivity index (χ4n) is 2.58. The van der Waals surface area contributed by atoms with E-state index in [0.29, 0.717) is 35.1 Å². The van der Waals surface area contributed by atoms with Gasteiger partial charge in [-0.25, -0.2) is 4.98 Å². The van der Waals surface area contributed by atoms with Crippen molar-refractivity contribution >= 4 is 34.7 Å². The molecule has 0 spiro atoms. The lowest BCUT2D eigenvalue weighted by molar-refractivity contribution is -0.116. The summed E-state index contributed by atoms with van der Waals surface area (Å²) in [5, 5.41) is 6.62. The molecule has 1 aromatic heterocycles. The lowest BCUT2D eigenvalue weighted by atomic mass is 10.1. The van der Waals surface area contributed by atoms with E-state index >= 15 is 0 Å². The van der Waals surface area contributed by atoms with Crippen LogP contribution in [0.2, 0.25) is 5.02 Å². The second-order valence-electron chi connectivity index (χ2n) is 5.94. The molecule has 5 nitrogen and oxygen atoms in total. The van der Waals surface area contributed by atoms with Gasteiger partial charge in [0.2, 0.25) is 5.91 Å². The molecule has 1 amide bonds. The molecule has 0 saturated carbocycles. The van der Waals surface area contributed by atoms with E-state index in [9.17, 15) is 4.79 Å². The van der Waals surface area contributed by atoms with E-state index in [4.69, 9.17) is 16.3 Å². The smallest absolute Gasteiger partial charge is 0.224 e. The molecule has 0 aliphatic rings. The summed E-state index contributed by atoms with van der Waals surface area (Å²) in [4.78, 5) is 16.4. The summed E-state index contributed by atoms with van der Waals surface area (Å²) in [5.74, 6) is 1.25. The second kappa shape index (κ2) is 9.05. The SMILES string of the molecule is COc1ccc(Cl)cc1Nc1ccc(NC(=O)CCc2ccccc2)cn1. The highest BCUT2D eigenvalue weighted by Crippen LogP contribution is 2.30. The number of nitrogens with one attached hydrogen (secondary N) is 2. The molecule has 6 heteroatoms. The minimum atomic E-state index is -0.0436. The highest BCUT2D eigenvalue weighted by Gasteiger charge is 2.07. The van der Waals surface area contributed by atoms with Gasteiger partial charge in [0.1, 0.15) is 11.6 Å². The van der Waals surface area contributed by atoms with Crippen LogP contribution in [-0.4, -0.2) is 18.0 Å². The number of hydrogen-bond acceptors (Lipinski definition) is 4. The zero-order chi connectivity index (χ0) is 19.1. The number of benzene rings is 2. The number of aryl methyl sites for hydroxylation is 1. The largest absolute Gasteiger partial charge is 0.495 e. The highest BCUT2D eigenvalue weighted by atomic mass is 35.5. The van der Waals surface area contributed by atoms with Crippen LogP contribution in [0.3, 0.4) is 0 Å². The maximum atomic E-state index is 12.1. The van der Waals surface area contributed by atoms with Crippen molar-refractivity contribution in [2.24, 2.45) is 0 Å². The van der Waals surface area contributed by atoms with Crippen molar-refractivity contribution in [3.05, 3.63) is 77.4 Å². The minimum Gasteiger partial charge on any atom is -0.495 e. The average Bonchev–Trinajstić information content (AvgIpc) is 2.69. The predicted octanol–water partition coefficient (Wildman–Crippen LogP) is 5.06. The summed E-state index contributed by atoms with van der Waals surface area (Å²) in [5.41, 5.74) is 2.51. The quantitative estimate of drug-likeness (QED) is 0.600. The summed E-state index contributed by atoms with van der Waals surface area (Å²) in [6.07, 6.45) is 2.73. The number of anilines is 3. The number of aromatic nitrogens is 1. The summed E-state index contributed by atoms with van der Waals surface area (Å²) >= 11 is 6.03. The third kappa shape index (κ3) is 5.46. The number of rotatable bonds is 7. The number of nitrogens with zero attached hydrogens (tertiary/aromatic N) is 1. The Hall–Kier alpha value is -3.05. The molecule has 27 heavy (non-hydrogen) atoms. The lowest BCUT2D eigenvalue weighted by Gasteiger charge is -2.11. The van der Waals surface area contributed by atoms with E-state index in [2.05, 4.69) is 15.6 Å². The van der Waals surface area contributed by atoms with Crippen molar-refractivity contribution in [2.45, 2.75) is 12.8 Å². The molecule has 0 unspecified atom stereocenters. The van der Waals surface area contributed by atoms with Crippen LogP contribution in [-0.2, 0) is 11.2 Å². The van der Waals surface area contributed by atoms with Crippen molar-refractivity contribution in [1.82, 2.24) is 4.98 Å². The Morgan fingerprint density at radius 1 is 1.11 bits per heavy atom. The van der Waals surface area contributed by atoms with Crippen LogP contribution in [0.25, 0.3) is 0 Å². The zero-order valence-corrected chi connectivity index (χ0v) is 15.7. The highest BCUT2D eigenvalue weighted by molar-refractivity contribution is 6.31. The summed E-state index contributed by atoms with van der Waals surface area (Å²) in [6.45, 7) is 0. The molecule has 3 rings (SSSR count). The summed E-state index contributed by atoms with van der Waals surface area (Å²) in [7, 11) is 1.59. The van der Waals surface area contributed by atoms with E-state index in [1.54, 1.807) is 43.6 Å². The maximum Gasteiger partial charge on any atom is 0.224 e. The molecule has 0 bridgehead atoms. The first-order valence-corrected chi connectivity index (χ1v) is 8.92. The normalized spacial score (nSPS) is 10.3. The van der Waals surface area contributed by atoms with Gasteiger partial charge in [0, 0.05) is 11.4 Å². The Bertz CT molecular complexity index is 899. The van der Waals surface area contributed by atoms with Gasteiger partial charge in [-0.1, -0.05) is 41.9 Å². The van der Waals surface area contributed by atoms with Gasteiger partial charge < -0.3 is 15.4 Å². The maximum absolute atomic E-state index is 12.1. The number of pyridine rings is 1. The average molecular weight is 382 g/mol. The van der Waals surface area contributed by atoms with Gasteiger partial charge in [-0.15, -0.1) is 0 Å². The van der Waals surface area contributed by atoms with Crippen LogP contribution in [0.15, 0.2) is 66.9 Å². The first kappa shape index (κ1) is 18.7. The number of ether oxygens (including phenoxy) is 1. The van der Waals surface area contributed by atoms with E-state index in [0.717, 1.165) is 11.3 Å². The molecular weight excluding hydrogens is 362 g/mol. The predicted molar refractivity (Wildman–Crippen MR) is 109 cm³/mol. The van der Waals surface area contributed by atoms with Crippen LogP contribution in [0.1, 0.15) is 12.0 Å². The Morgan fingerprint density at radius 3 is 2.63 bits per heavy atom. The number of hydrogen-bond donors (Lipinski definition) is 2. The summed E-state index contributed by atoms with van der Waals surface area (Å²) in [6, 6.07) is 18.8. The summed E-state index contributed by atoms with van der Waals surface area (Å²) < 4.78 is 5.31. The molecule has 3 aromatic rings. The van der Waals surface area contributed by atoms with Gasteiger partial charge in [0.15, 0.2) is 0 Å². The minimum absolute atomic E-state index is 0.0436. The number of carbonyl (C=O) groups is 1. The molecule has 1 heterocycles. The molecule has 138 valence electrons. The first-order valence-electron chi connectivity index (χ1n) is 8.54. The molecule has 0 saturated heterocycles. The number of halogens is 1. The van der Waals surface area contributed by atoms with E-state index in [-0.39, 0.29) is 5.91 Å². The Balaban J connectivity index is 1.57. The van der Waals surface area contributed by atoms with Gasteiger partial charge >= 0.3 is 0 Å². The second-order valence-corrected chi connectivity index (χ2v) is 6.37. The number of methoxy groups -OCH3 is 1. The topological polar surface area (TPSA) is 63.2 Å². The zero-order valence-electron chi connectivity index (χ0n) is 14.9. The molecule has 0 aliphatic carbocycles. The van der Waals surface area contributed by atoms with Crippen molar-refractivity contribution in [3.8, 4) is 5.75 Å². The standard InChI is InChI=1S/C21H20ClN3O2/c1-27-19-10-8-16(22)13-18(19)25-20-11-9-17(14-23-20)24-21(26)12-7-15-5-3-2-4-6-15/h2-6,8-11,13-14H,7,12H2,1H3,(H,23,25)(H,24,26). The first-order chi connectivity index (χ1) is 13.1. The monoisotopic (exact) mass is 381 g/mol. The third-order valence-corrected chi connectivity index (χ3v) is 4.19.